The molecule has 0 atom stereocenters. The van der Waals surface area contributed by atoms with Crippen LogP contribution < -0.4 is 25.8 Å². The van der Waals surface area contributed by atoms with E-state index in [0.29, 0.717) is 16.9 Å². The predicted molar refractivity (Wildman–Crippen MR) is 124 cm³/mol. The molecule has 38 heavy (non-hydrogen) atoms. The van der Waals surface area contributed by atoms with Crippen LogP contribution in [0, 0.1) is 0 Å². The molecule has 1 aliphatic heterocycles. The van der Waals surface area contributed by atoms with Gasteiger partial charge < -0.3 is 25.8 Å². The van der Waals surface area contributed by atoms with E-state index in [9.17, 15) is 35.9 Å². The van der Waals surface area contributed by atoms with Crippen molar-refractivity contribution in [1.29, 1.82) is 0 Å². The van der Waals surface area contributed by atoms with Crippen LogP contribution in [0.5, 0.6) is 11.5 Å². The molecule has 0 radical (unpaired) electrons. The topological polar surface area (TPSA) is 103 Å². The number of nitrogens with one attached hydrogen (secondary N) is 2. The molecule has 3 aromatic rings. The Kier molecular flexibility index (Phi) is 8.84. The Hall–Kier alpha value is -4.26. The zero-order valence-corrected chi connectivity index (χ0v) is 19.5. The fourth-order valence-electron chi connectivity index (χ4n) is 3.11. The van der Waals surface area contributed by atoms with Gasteiger partial charge in [0.05, 0.1) is 11.1 Å². The number of fused-ring (bicyclic) bond motifs is 1. The number of anilines is 1. The summed E-state index contributed by atoms with van der Waals surface area (Å²) in [6.45, 7) is 0.115. The van der Waals surface area contributed by atoms with Crippen LogP contribution in [0.15, 0.2) is 66.7 Å². The van der Waals surface area contributed by atoms with Crippen LogP contribution >= 0.6 is 0 Å². The smallest absolute Gasteiger partial charge is 0.416 e. The number of nitrogens with two attached hydrogens (primary N) is 1. The van der Waals surface area contributed by atoms with Crippen molar-refractivity contribution in [2.75, 3.05) is 11.9 Å². The lowest BCUT2D eigenvalue weighted by molar-refractivity contribution is -0.138. The van der Waals surface area contributed by atoms with Gasteiger partial charge in [-0.05, 0) is 47.5 Å². The summed E-state index contributed by atoms with van der Waals surface area (Å²) < 4.78 is 83.9. The number of amides is 2. The Morgan fingerprint density at radius 1 is 0.895 bits per heavy atom. The van der Waals surface area contributed by atoms with Gasteiger partial charge in [-0.1, -0.05) is 30.3 Å². The summed E-state index contributed by atoms with van der Waals surface area (Å²) in [5, 5.41) is 4.98. The maximum Gasteiger partial charge on any atom is 0.416 e. The quantitative estimate of drug-likeness (QED) is 0.379. The number of halogens is 6. The molecule has 1 heterocycles. The third-order valence-corrected chi connectivity index (χ3v) is 5.05. The first kappa shape index (κ1) is 28.3. The van der Waals surface area contributed by atoms with E-state index in [2.05, 4.69) is 10.6 Å². The van der Waals surface area contributed by atoms with Crippen LogP contribution in [0.25, 0.3) is 0 Å². The summed E-state index contributed by atoms with van der Waals surface area (Å²) in [5.41, 5.74) is 5.24. The van der Waals surface area contributed by atoms with E-state index in [0.717, 1.165) is 24.3 Å². The van der Waals surface area contributed by atoms with E-state index in [1.54, 1.807) is 12.1 Å². The molecule has 202 valence electrons. The fourth-order valence-corrected chi connectivity index (χ4v) is 3.11. The Labute approximate surface area is 212 Å². The molecule has 0 unspecified atom stereocenters. The number of alkyl halides is 6. The first-order chi connectivity index (χ1) is 17.9. The predicted octanol–water partition coefficient (Wildman–Crippen LogP) is 5.49. The first-order valence-corrected chi connectivity index (χ1v) is 10.9. The Morgan fingerprint density at radius 2 is 1.45 bits per heavy atom. The average molecular weight is 541 g/mol. The van der Waals surface area contributed by atoms with Crippen LogP contribution in [-0.2, 0) is 30.2 Å². The normalized spacial score (nSPS) is 12.8. The molecule has 3 aromatic carbocycles. The number of hydrogen-bond donors (Lipinski definition) is 3. The molecule has 0 saturated heterocycles. The van der Waals surface area contributed by atoms with E-state index in [4.69, 9.17) is 15.2 Å². The summed E-state index contributed by atoms with van der Waals surface area (Å²) in [7, 11) is 0. The Balaban J connectivity index is 0.000000279. The minimum absolute atomic E-state index is 0.0190. The molecule has 0 aromatic heterocycles. The lowest BCUT2D eigenvalue weighted by Gasteiger charge is -2.20. The number of rotatable bonds is 4. The second-order valence-electron chi connectivity index (χ2n) is 7.80. The van der Waals surface area contributed by atoms with E-state index in [1.165, 1.54) is 30.3 Å². The standard InChI is InChI=1S/C17H13F3N2O4.C8H8F3N/c18-17(19,20)11-6-4-10(5-7-11)8-21-16(24)26-13-3-1-2-12-15(13)22-14(23)9-25-12;9-8(10,11)7-3-1-6(5-12)2-4-7/h1-7H,8-9H2,(H,21,24)(H,22,23);1-4H,5,12H2. The summed E-state index contributed by atoms with van der Waals surface area (Å²) in [5.74, 6) is 0.0943. The van der Waals surface area contributed by atoms with Gasteiger partial charge in [-0.2, -0.15) is 26.3 Å². The van der Waals surface area contributed by atoms with Crippen molar-refractivity contribution in [3.8, 4) is 11.5 Å². The second-order valence-corrected chi connectivity index (χ2v) is 7.80. The molecule has 0 spiro atoms. The van der Waals surface area contributed by atoms with Gasteiger partial charge in [-0.25, -0.2) is 4.79 Å². The van der Waals surface area contributed by atoms with Gasteiger partial charge in [-0.15, -0.1) is 0 Å². The van der Waals surface area contributed by atoms with Crippen molar-refractivity contribution in [2.24, 2.45) is 5.73 Å². The number of para-hydroxylation sites is 1. The lowest BCUT2D eigenvalue weighted by atomic mass is 10.1. The Morgan fingerprint density at radius 3 is 1.97 bits per heavy atom. The van der Waals surface area contributed by atoms with Crippen molar-refractivity contribution in [2.45, 2.75) is 25.4 Å². The lowest BCUT2D eigenvalue weighted by Crippen LogP contribution is -2.29. The molecule has 4 rings (SSSR count). The SMILES string of the molecule is NCc1ccc(C(F)(F)F)cc1.O=C1COc2cccc(OC(=O)NCc3ccc(C(F)(F)F)cc3)c2N1. The van der Waals surface area contributed by atoms with E-state index < -0.39 is 29.6 Å². The highest BCUT2D eigenvalue weighted by Crippen LogP contribution is 2.36. The zero-order chi connectivity index (χ0) is 27.9. The van der Waals surface area contributed by atoms with E-state index in [1.807, 2.05) is 0 Å². The van der Waals surface area contributed by atoms with Gasteiger partial charge in [0.1, 0.15) is 11.4 Å². The second kappa shape index (κ2) is 11.9. The summed E-state index contributed by atoms with van der Waals surface area (Å²) in [6.07, 6.45) is -9.49. The van der Waals surface area contributed by atoms with Gasteiger partial charge in [0, 0.05) is 13.1 Å². The molecule has 7 nitrogen and oxygen atoms in total. The van der Waals surface area contributed by atoms with Gasteiger partial charge >= 0.3 is 18.4 Å². The maximum absolute atomic E-state index is 12.5. The highest BCUT2D eigenvalue weighted by atomic mass is 19.4. The summed E-state index contributed by atoms with van der Waals surface area (Å²) >= 11 is 0. The van der Waals surface area contributed by atoms with Crippen LogP contribution in [-0.4, -0.2) is 18.6 Å². The third kappa shape index (κ3) is 7.87. The van der Waals surface area contributed by atoms with Crippen molar-refractivity contribution in [1.82, 2.24) is 5.32 Å². The molecule has 0 saturated carbocycles. The number of hydrogen-bond acceptors (Lipinski definition) is 5. The van der Waals surface area contributed by atoms with E-state index >= 15 is 0 Å². The van der Waals surface area contributed by atoms with Gasteiger partial charge in [0.25, 0.3) is 5.91 Å². The van der Waals surface area contributed by atoms with Crippen LogP contribution in [0.1, 0.15) is 22.3 Å². The highest BCUT2D eigenvalue weighted by molar-refractivity contribution is 5.97. The first-order valence-electron chi connectivity index (χ1n) is 10.9. The third-order valence-electron chi connectivity index (χ3n) is 5.05. The summed E-state index contributed by atoms with van der Waals surface area (Å²) in [6, 6.07) is 13.9. The van der Waals surface area contributed by atoms with Gasteiger partial charge in [-0.3, -0.25) is 4.79 Å². The van der Waals surface area contributed by atoms with Gasteiger partial charge in [0.15, 0.2) is 12.4 Å². The monoisotopic (exact) mass is 541 g/mol. The van der Waals surface area contributed by atoms with Crippen LogP contribution in [0.3, 0.4) is 0 Å². The molecular weight excluding hydrogens is 520 g/mol. The van der Waals surface area contributed by atoms with E-state index in [-0.39, 0.29) is 37.0 Å². The zero-order valence-electron chi connectivity index (χ0n) is 19.5. The van der Waals surface area contributed by atoms with Crippen molar-refractivity contribution in [3.05, 3.63) is 89.0 Å². The number of ether oxygens (including phenoxy) is 2. The molecular formula is C25H21F6N3O4. The number of carbonyl (C=O) groups excluding carboxylic acids is 2. The van der Waals surface area contributed by atoms with Crippen LogP contribution in [0.2, 0.25) is 0 Å². The minimum atomic E-state index is -4.41. The van der Waals surface area contributed by atoms with Crippen molar-refractivity contribution < 1.29 is 45.4 Å². The highest BCUT2D eigenvalue weighted by Gasteiger charge is 2.30. The van der Waals surface area contributed by atoms with Crippen LogP contribution in [0.4, 0.5) is 36.8 Å². The Bertz CT molecular complexity index is 1260. The van der Waals surface area contributed by atoms with Crippen molar-refractivity contribution in [3.63, 3.8) is 0 Å². The van der Waals surface area contributed by atoms with Crippen molar-refractivity contribution >= 4 is 17.7 Å². The molecule has 0 fully saturated rings. The maximum atomic E-state index is 12.5. The molecule has 4 N–H and O–H groups in total. The largest absolute Gasteiger partial charge is 0.481 e. The molecule has 13 heteroatoms. The number of benzene rings is 3. The minimum Gasteiger partial charge on any atom is -0.481 e. The average Bonchev–Trinajstić information content (AvgIpc) is 2.87. The fraction of sp³-hybridized carbons (Fsp3) is 0.200. The van der Waals surface area contributed by atoms with Gasteiger partial charge in [0.2, 0.25) is 0 Å². The molecule has 1 aliphatic rings. The molecule has 0 aliphatic carbocycles. The molecule has 2 amide bonds. The molecule has 0 bridgehead atoms. The number of carbonyl (C=O) groups is 2. The summed E-state index contributed by atoms with van der Waals surface area (Å²) in [4.78, 5) is 23.3.